The minimum absolute atomic E-state index is 0.611. The van der Waals surface area contributed by atoms with Crippen LogP contribution in [0.2, 0.25) is 0 Å². The van der Waals surface area contributed by atoms with Crippen molar-refractivity contribution in [3.63, 3.8) is 0 Å². The zero-order valence-corrected chi connectivity index (χ0v) is 14.7. The van der Waals surface area contributed by atoms with Gasteiger partial charge in [-0.2, -0.15) is 0 Å². The summed E-state index contributed by atoms with van der Waals surface area (Å²) in [6, 6.07) is 15.2. The third-order valence-electron chi connectivity index (χ3n) is 5.97. The highest BCUT2D eigenvalue weighted by molar-refractivity contribution is 5.94. The second kappa shape index (κ2) is 5.87. The van der Waals surface area contributed by atoms with Crippen LogP contribution in [0.15, 0.2) is 42.5 Å². The van der Waals surface area contributed by atoms with Gasteiger partial charge in [0.15, 0.2) is 0 Å². The lowest BCUT2D eigenvalue weighted by Crippen LogP contribution is -2.09. The molecule has 0 radical (unpaired) electrons. The van der Waals surface area contributed by atoms with Crippen LogP contribution in [0.3, 0.4) is 0 Å². The van der Waals surface area contributed by atoms with Crippen LogP contribution in [0.25, 0.3) is 22.0 Å². The number of methoxy groups -OCH3 is 1. The Balaban J connectivity index is 1.79. The van der Waals surface area contributed by atoms with E-state index in [2.05, 4.69) is 36.4 Å². The maximum atomic E-state index is 5.48. The van der Waals surface area contributed by atoms with Crippen LogP contribution in [0.4, 0.5) is 0 Å². The summed E-state index contributed by atoms with van der Waals surface area (Å²) in [5.41, 5.74) is 8.17. The number of hydrogen-bond acceptors (Lipinski definition) is 2. The molecule has 25 heavy (non-hydrogen) atoms. The van der Waals surface area contributed by atoms with Crippen LogP contribution < -0.4 is 4.74 Å². The molecule has 0 N–H and O–H groups in total. The van der Waals surface area contributed by atoms with Gasteiger partial charge in [0.2, 0.25) is 0 Å². The van der Waals surface area contributed by atoms with Gasteiger partial charge in [-0.15, -0.1) is 0 Å². The molecule has 1 fully saturated rings. The molecule has 3 aromatic rings. The van der Waals surface area contributed by atoms with E-state index in [1.54, 1.807) is 7.11 Å². The normalized spacial score (nSPS) is 16.7. The van der Waals surface area contributed by atoms with Crippen LogP contribution in [-0.2, 0) is 6.42 Å². The van der Waals surface area contributed by atoms with Crippen LogP contribution >= 0.6 is 0 Å². The zero-order valence-electron chi connectivity index (χ0n) is 14.7. The van der Waals surface area contributed by atoms with Crippen molar-refractivity contribution in [3.05, 3.63) is 59.3 Å². The number of ether oxygens (including phenoxy) is 1. The third-order valence-corrected chi connectivity index (χ3v) is 5.97. The predicted octanol–water partition coefficient (Wildman–Crippen LogP) is 5.86. The molecule has 5 rings (SSSR count). The van der Waals surface area contributed by atoms with Crippen LogP contribution in [0, 0.1) is 0 Å². The number of hydrogen-bond donors (Lipinski definition) is 0. The summed E-state index contributed by atoms with van der Waals surface area (Å²) in [5.74, 6) is 1.53. The first kappa shape index (κ1) is 14.9. The van der Waals surface area contributed by atoms with Crippen molar-refractivity contribution in [3.8, 4) is 16.9 Å². The highest BCUT2D eigenvalue weighted by Gasteiger charge is 2.29. The first-order valence-corrected chi connectivity index (χ1v) is 9.44. The fourth-order valence-electron chi connectivity index (χ4n) is 4.72. The summed E-state index contributed by atoms with van der Waals surface area (Å²) in [6.07, 6.45) is 7.62. The van der Waals surface area contributed by atoms with Gasteiger partial charge in [0.05, 0.1) is 18.3 Å². The Bertz CT molecular complexity index is 954. The summed E-state index contributed by atoms with van der Waals surface area (Å²) < 4.78 is 5.48. The van der Waals surface area contributed by atoms with E-state index >= 15 is 0 Å². The number of aromatic nitrogens is 1. The van der Waals surface area contributed by atoms with Crippen LogP contribution in [0.1, 0.15) is 54.8 Å². The van der Waals surface area contributed by atoms with Gasteiger partial charge >= 0.3 is 0 Å². The number of nitrogens with zero attached hydrogens (tertiary/aromatic N) is 1. The molecule has 0 amide bonds. The maximum Gasteiger partial charge on any atom is 0.119 e. The molecular formula is C23H23NO. The summed E-state index contributed by atoms with van der Waals surface area (Å²) in [6.45, 7) is 0. The Morgan fingerprint density at radius 2 is 1.84 bits per heavy atom. The highest BCUT2D eigenvalue weighted by atomic mass is 16.5. The van der Waals surface area contributed by atoms with Gasteiger partial charge < -0.3 is 4.74 Å². The van der Waals surface area contributed by atoms with Gasteiger partial charge in [-0.05, 0) is 54.2 Å². The van der Waals surface area contributed by atoms with Crippen molar-refractivity contribution < 1.29 is 4.74 Å². The Labute approximate surface area is 148 Å². The molecule has 2 heteroatoms. The molecule has 0 unspecified atom stereocenters. The smallest absolute Gasteiger partial charge is 0.119 e. The van der Waals surface area contributed by atoms with Gasteiger partial charge in [0.25, 0.3) is 0 Å². The molecule has 0 aliphatic heterocycles. The molecule has 0 spiro atoms. The van der Waals surface area contributed by atoms with Gasteiger partial charge in [0, 0.05) is 16.9 Å². The van der Waals surface area contributed by atoms with Crippen LogP contribution in [0.5, 0.6) is 5.75 Å². The second-order valence-electron chi connectivity index (χ2n) is 7.40. The van der Waals surface area contributed by atoms with Crippen molar-refractivity contribution in [1.82, 2.24) is 4.98 Å². The highest BCUT2D eigenvalue weighted by Crippen LogP contribution is 2.46. The Morgan fingerprint density at radius 1 is 1.00 bits per heavy atom. The summed E-state index contributed by atoms with van der Waals surface area (Å²) in [7, 11) is 1.74. The van der Waals surface area contributed by atoms with E-state index in [9.17, 15) is 0 Å². The van der Waals surface area contributed by atoms with Crippen molar-refractivity contribution in [1.29, 1.82) is 0 Å². The van der Waals surface area contributed by atoms with Gasteiger partial charge in [-0.1, -0.05) is 43.5 Å². The summed E-state index contributed by atoms with van der Waals surface area (Å²) in [5, 5.41) is 1.25. The fraction of sp³-hybridized carbons (Fsp3) is 0.348. The van der Waals surface area contributed by atoms with E-state index in [1.807, 2.05) is 6.07 Å². The van der Waals surface area contributed by atoms with E-state index in [1.165, 1.54) is 65.4 Å². The molecule has 0 atom stereocenters. The molecule has 126 valence electrons. The second-order valence-corrected chi connectivity index (χ2v) is 7.40. The van der Waals surface area contributed by atoms with Crippen molar-refractivity contribution >= 4 is 10.9 Å². The fourth-order valence-corrected chi connectivity index (χ4v) is 4.72. The molecule has 2 aliphatic carbocycles. The Kier molecular flexibility index (Phi) is 3.51. The standard InChI is InChI=1S/C23H23NO/c1-25-17-11-12-21-19(14-17)20-13-16-9-5-6-10-18(16)22(20)23(24-21)15-7-3-2-4-8-15/h5-6,9-12,14-15H,2-4,7-8,13H2,1H3. The molecule has 0 bridgehead atoms. The van der Waals surface area contributed by atoms with Gasteiger partial charge in [0.1, 0.15) is 5.75 Å². The average Bonchev–Trinajstić information content (AvgIpc) is 3.07. The number of benzene rings is 2. The minimum atomic E-state index is 0.611. The SMILES string of the molecule is COc1ccc2nc(C3CCCCC3)c3c(c2c1)Cc1ccccc1-3. The lowest BCUT2D eigenvalue weighted by molar-refractivity contribution is 0.415. The van der Waals surface area contributed by atoms with E-state index < -0.39 is 0 Å². The minimum Gasteiger partial charge on any atom is -0.497 e. The topological polar surface area (TPSA) is 22.1 Å². The Morgan fingerprint density at radius 3 is 2.68 bits per heavy atom. The number of fused-ring (bicyclic) bond motifs is 5. The van der Waals surface area contributed by atoms with E-state index in [0.29, 0.717) is 5.92 Å². The lowest BCUT2D eigenvalue weighted by Gasteiger charge is -2.24. The third kappa shape index (κ3) is 2.35. The molecule has 2 aliphatic rings. The van der Waals surface area contributed by atoms with E-state index in [0.717, 1.165) is 17.7 Å². The van der Waals surface area contributed by atoms with Gasteiger partial charge in [-0.3, -0.25) is 4.98 Å². The van der Waals surface area contributed by atoms with E-state index in [4.69, 9.17) is 9.72 Å². The molecule has 1 heterocycles. The first-order chi connectivity index (χ1) is 12.3. The zero-order chi connectivity index (χ0) is 16.8. The first-order valence-electron chi connectivity index (χ1n) is 9.44. The molecule has 1 saturated carbocycles. The summed E-state index contributed by atoms with van der Waals surface area (Å²) >= 11 is 0. The molecule has 0 saturated heterocycles. The molecular weight excluding hydrogens is 306 g/mol. The quantitative estimate of drug-likeness (QED) is 0.459. The van der Waals surface area contributed by atoms with Gasteiger partial charge in [-0.25, -0.2) is 0 Å². The van der Waals surface area contributed by atoms with E-state index in [-0.39, 0.29) is 0 Å². The number of rotatable bonds is 2. The monoisotopic (exact) mass is 329 g/mol. The molecule has 1 aromatic heterocycles. The van der Waals surface area contributed by atoms with Crippen molar-refractivity contribution in [2.45, 2.75) is 44.4 Å². The molecule has 2 aromatic carbocycles. The maximum absolute atomic E-state index is 5.48. The average molecular weight is 329 g/mol. The largest absolute Gasteiger partial charge is 0.497 e. The summed E-state index contributed by atoms with van der Waals surface area (Å²) in [4.78, 5) is 5.19. The predicted molar refractivity (Wildman–Crippen MR) is 102 cm³/mol. The number of pyridine rings is 1. The molecule has 2 nitrogen and oxygen atoms in total. The van der Waals surface area contributed by atoms with Crippen molar-refractivity contribution in [2.24, 2.45) is 0 Å². The lowest BCUT2D eigenvalue weighted by atomic mass is 9.83. The van der Waals surface area contributed by atoms with Crippen LogP contribution in [-0.4, -0.2) is 12.1 Å². The van der Waals surface area contributed by atoms with Crippen molar-refractivity contribution in [2.75, 3.05) is 7.11 Å². The Hall–Kier alpha value is -2.35.